The monoisotopic (exact) mass is 268 g/mol. The normalized spacial score (nSPS) is 13.6. The van der Waals surface area contributed by atoms with E-state index in [1.807, 2.05) is 13.8 Å². The molecule has 2 atom stereocenters. The smallest absolute Gasteiger partial charge is 0.286 e. The number of amides is 2. The fourth-order valence-corrected chi connectivity index (χ4v) is 1.41. The van der Waals surface area contributed by atoms with E-state index in [0.717, 1.165) is 0 Å². The van der Waals surface area contributed by atoms with Crippen LogP contribution >= 0.6 is 0 Å². The zero-order valence-electron chi connectivity index (χ0n) is 11.2. The van der Waals surface area contributed by atoms with E-state index in [-0.39, 0.29) is 49.1 Å². The molecule has 1 aromatic heterocycles. The van der Waals surface area contributed by atoms with Crippen molar-refractivity contribution in [2.45, 2.75) is 26.3 Å². The second-order valence-electron chi connectivity index (χ2n) is 4.50. The van der Waals surface area contributed by atoms with Crippen molar-refractivity contribution in [2.24, 2.45) is 5.92 Å². The molecular weight excluding hydrogens is 248 g/mol. The Morgan fingerprint density at radius 2 is 2.16 bits per heavy atom. The van der Waals surface area contributed by atoms with E-state index < -0.39 is 0 Å². The van der Waals surface area contributed by atoms with Gasteiger partial charge in [-0.2, -0.15) is 0 Å². The Labute approximate surface area is 112 Å². The summed E-state index contributed by atoms with van der Waals surface area (Å²) < 4.78 is 4.92. The molecule has 0 saturated carbocycles. The van der Waals surface area contributed by atoms with Crippen molar-refractivity contribution in [1.29, 1.82) is 0 Å². The third-order valence-corrected chi connectivity index (χ3v) is 2.91. The van der Waals surface area contributed by atoms with Crippen LogP contribution in [0.1, 0.15) is 30.8 Å². The summed E-state index contributed by atoms with van der Waals surface area (Å²) >= 11 is 0. The lowest BCUT2D eigenvalue weighted by molar-refractivity contribution is -0.121. The zero-order chi connectivity index (χ0) is 14.3. The summed E-state index contributed by atoms with van der Waals surface area (Å²) in [5.41, 5.74) is 0. The Morgan fingerprint density at radius 3 is 2.74 bits per heavy atom. The summed E-state index contributed by atoms with van der Waals surface area (Å²) in [5.74, 6) is -0.272. The van der Waals surface area contributed by atoms with E-state index >= 15 is 0 Å². The van der Waals surface area contributed by atoms with Crippen molar-refractivity contribution in [3.05, 3.63) is 24.2 Å². The Kier molecular flexibility index (Phi) is 6.08. The van der Waals surface area contributed by atoms with Gasteiger partial charge in [-0.15, -0.1) is 0 Å². The van der Waals surface area contributed by atoms with E-state index in [9.17, 15) is 9.59 Å². The minimum Gasteiger partial charge on any atom is -0.459 e. The second-order valence-corrected chi connectivity index (χ2v) is 4.50. The van der Waals surface area contributed by atoms with Crippen molar-refractivity contribution in [1.82, 2.24) is 10.6 Å². The molecule has 0 radical (unpaired) electrons. The summed E-state index contributed by atoms with van der Waals surface area (Å²) in [6, 6.07) is 3.08. The van der Waals surface area contributed by atoms with Crippen LogP contribution in [0.25, 0.3) is 0 Å². The first-order chi connectivity index (χ1) is 9.04. The molecule has 3 N–H and O–H groups in total. The average Bonchev–Trinajstić information content (AvgIpc) is 2.91. The lowest BCUT2D eigenvalue weighted by Gasteiger charge is -2.19. The van der Waals surface area contributed by atoms with Gasteiger partial charge in [-0.1, -0.05) is 6.92 Å². The summed E-state index contributed by atoms with van der Waals surface area (Å²) in [5, 5.41) is 14.3. The maximum Gasteiger partial charge on any atom is 0.286 e. The van der Waals surface area contributed by atoms with Gasteiger partial charge in [0.2, 0.25) is 5.91 Å². The molecule has 19 heavy (non-hydrogen) atoms. The largest absolute Gasteiger partial charge is 0.459 e. The molecule has 2 amide bonds. The number of aliphatic hydroxyl groups excluding tert-OH is 1. The molecule has 0 bridgehead atoms. The van der Waals surface area contributed by atoms with Gasteiger partial charge in [0, 0.05) is 25.6 Å². The highest BCUT2D eigenvalue weighted by atomic mass is 16.3. The molecule has 0 fully saturated rings. The zero-order valence-corrected chi connectivity index (χ0v) is 11.2. The van der Waals surface area contributed by atoms with Crippen LogP contribution < -0.4 is 10.6 Å². The van der Waals surface area contributed by atoms with E-state index in [2.05, 4.69) is 10.6 Å². The fourth-order valence-electron chi connectivity index (χ4n) is 1.41. The molecule has 1 heterocycles. The minimum absolute atomic E-state index is 0.00154. The summed E-state index contributed by atoms with van der Waals surface area (Å²) in [6.45, 7) is 3.95. The van der Waals surface area contributed by atoms with Gasteiger partial charge in [-0.3, -0.25) is 9.59 Å². The van der Waals surface area contributed by atoms with Crippen molar-refractivity contribution in [2.75, 3.05) is 13.2 Å². The van der Waals surface area contributed by atoms with E-state index in [1.54, 1.807) is 12.1 Å². The average molecular weight is 268 g/mol. The number of carbonyl (C=O) groups excluding carboxylic acids is 2. The number of rotatable bonds is 7. The highest BCUT2D eigenvalue weighted by Crippen LogP contribution is 2.01. The van der Waals surface area contributed by atoms with Crippen LogP contribution in [0.2, 0.25) is 0 Å². The topological polar surface area (TPSA) is 91.6 Å². The maximum atomic E-state index is 11.6. The molecular formula is C13H20N2O4. The van der Waals surface area contributed by atoms with Gasteiger partial charge in [-0.05, 0) is 25.0 Å². The summed E-state index contributed by atoms with van der Waals surface area (Å²) in [6.07, 6.45) is 1.61. The number of nitrogens with one attached hydrogen (secondary N) is 2. The molecule has 6 heteroatoms. The summed E-state index contributed by atoms with van der Waals surface area (Å²) in [4.78, 5) is 23.1. The fraction of sp³-hybridized carbons (Fsp3) is 0.538. The first kappa shape index (κ1) is 15.2. The number of carbonyl (C=O) groups is 2. The van der Waals surface area contributed by atoms with Crippen LogP contribution in [0.5, 0.6) is 0 Å². The Balaban J connectivity index is 2.22. The molecule has 2 unspecified atom stereocenters. The number of furan rings is 1. The van der Waals surface area contributed by atoms with Gasteiger partial charge >= 0.3 is 0 Å². The lowest BCUT2D eigenvalue weighted by atomic mass is 10.1. The molecule has 1 rings (SSSR count). The molecule has 6 nitrogen and oxygen atoms in total. The molecule has 0 aliphatic carbocycles. The summed E-state index contributed by atoms with van der Waals surface area (Å²) in [7, 11) is 0. The van der Waals surface area contributed by atoms with Crippen LogP contribution in [0.15, 0.2) is 22.8 Å². The molecule has 106 valence electrons. The molecule has 1 aromatic rings. The first-order valence-electron chi connectivity index (χ1n) is 6.26. The van der Waals surface area contributed by atoms with Crippen LogP contribution in [0.3, 0.4) is 0 Å². The minimum atomic E-state index is -0.338. The van der Waals surface area contributed by atoms with Crippen molar-refractivity contribution >= 4 is 11.8 Å². The predicted molar refractivity (Wildman–Crippen MR) is 69.5 cm³/mol. The molecule has 0 aromatic carbocycles. The molecule has 0 saturated heterocycles. The second kappa shape index (κ2) is 7.58. The molecule has 0 aliphatic heterocycles. The van der Waals surface area contributed by atoms with Crippen LogP contribution in [0, 0.1) is 5.92 Å². The van der Waals surface area contributed by atoms with Gasteiger partial charge in [0.1, 0.15) is 0 Å². The maximum absolute atomic E-state index is 11.6. The van der Waals surface area contributed by atoms with E-state index in [1.165, 1.54) is 6.26 Å². The van der Waals surface area contributed by atoms with Gasteiger partial charge in [0.05, 0.1) is 6.26 Å². The Bertz CT molecular complexity index is 403. The SMILES string of the molecule is CC(CO)C(C)NC(=O)CCNC(=O)c1ccco1. The number of hydrogen-bond acceptors (Lipinski definition) is 4. The Hall–Kier alpha value is -1.82. The third-order valence-electron chi connectivity index (χ3n) is 2.91. The molecule has 0 aliphatic rings. The van der Waals surface area contributed by atoms with Crippen molar-refractivity contribution in [3.63, 3.8) is 0 Å². The first-order valence-corrected chi connectivity index (χ1v) is 6.26. The standard InChI is InChI=1S/C13H20N2O4/c1-9(8-16)10(2)15-12(17)5-6-14-13(18)11-4-3-7-19-11/h3-4,7,9-10,16H,5-6,8H2,1-2H3,(H,14,18)(H,15,17). The van der Waals surface area contributed by atoms with Gasteiger partial charge in [0.25, 0.3) is 5.91 Å². The van der Waals surface area contributed by atoms with Gasteiger partial charge < -0.3 is 20.2 Å². The highest BCUT2D eigenvalue weighted by molar-refractivity contribution is 5.91. The predicted octanol–water partition coefficient (Wildman–Crippen LogP) is 0.533. The number of hydrogen-bond donors (Lipinski definition) is 3. The highest BCUT2D eigenvalue weighted by Gasteiger charge is 2.14. The van der Waals surface area contributed by atoms with Crippen LogP contribution in [-0.2, 0) is 4.79 Å². The van der Waals surface area contributed by atoms with Crippen molar-refractivity contribution in [3.8, 4) is 0 Å². The quantitative estimate of drug-likeness (QED) is 0.672. The van der Waals surface area contributed by atoms with Crippen molar-refractivity contribution < 1.29 is 19.1 Å². The Morgan fingerprint density at radius 1 is 1.42 bits per heavy atom. The van der Waals surface area contributed by atoms with Gasteiger partial charge in [-0.25, -0.2) is 0 Å². The third kappa shape index (κ3) is 5.13. The molecule has 0 spiro atoms. The van der Waals surface area contributed by atoms with E-state index in [0.29, 0.717) is 0 Å². The van der Waals surface area contributed by atoms with E-state index in [4.69, 9.17) is 9.52 Å². The van der Waals surface area contributed by atoms with Gasteiger partial charge in [0.15, 0.2) is 5.76 Å². The van der Waals surface area contributed by atoms with Crippen LogP contribution in [-0.4, -0.2) is 36.1 Å². The van der Waals surface area contributed by atoms with Crippen LogP contribution in [0.4, 0.5) is 0 Å². The number of aliphatic hydroxyl groups is 1. The lowest BCUT2D eigenvalue weighted by Crippen LogP contribution is -2.39.